The number of hydrogen-bond acceptors (Lipinski definition) is 5. The molecule has 16 heavy (non-hydrogen) atoms. The zero-order valence-electron chi connectivity index (χ0n) is 9.86. The van der Waals surface area contributed by atoms with Gasteiger partial charge in [-0.05, 0) is 12.3 Å². The van der Waals surface area contributed by atoms with E-state index in [2.05, 4.69) is 33.9 Å². The number of ether oxygens (including phenoxy) is 1. The first-order chi connectivity index (χ1) is 7.61. The number of carbonyl (C=O) groups excluding carboxylic acids is 1. The second-order valence-electron chi connectivity index (χ2n) is 3.92. The highest BCUT2D eigenvalue weighted by Crippen LogP contribution is 2.08. The minimum Gasteiger partial charge on any atom is -0.468 e. The zero-order valence-corrected chi connectivity index (χ0v) is 9.86. The Kier molecular flexibility index (Phi) is 4.69. The van der Waals surface area contributed by atoms with Gasteiger partial charge in [-0.3, -0.25) is 4.79 Å². The molecule has 0 unspecified atom stereocenters. The summed E-state index contributed by atoms with van der Waals surface area (Å²) in [6.07, 6.45) is 2.40. The van der Waals surface area contributed by atoms with E-state index in [1.165, 1.54) is 13.4 Å². The van der Waals surface area contributed by atoms with Crippen LogP contribution in [0.25, 0.3) is 0 Å². The van der Waals surface area contributed by atoms with Crippen LogP contribution < -0.4 is 5.32 Å². The molecule has 1 heterocycles. The van der Waals surface area contributed by atoms with Crippen molar-refractivity contribution in [1.82, 2.24) is 9.97 Å². The lowest BCUT2D eigenvalue weighted by Crippen LogP contribution is -2.16. The number of nitrogens with zero attached hydrogens (tertiary/aromatic N) is 2. The molecule has 0 radical (unpaired) electrons. The summed E-state index contributed by atoms with van der Waals surface area (Å²) >= 11 is 0. The van der Waals surface area contributed by atoms with Gasteiger partial charge < -0.3 is 10.1 Å². The number of esters is 1. The lowest BCUT2D eigenvalue weighted by atomic mass is 10.1. The standard InChI is InChI=1S/C11H17N3O2/c1-8(2)4-9-5-10(14-7-13-9)12-6-11(15)16-3/h5,7-8H,4,6H2,1-3H3,(H,12,13,14). The first-order valence-electron chi connectivity index (χ1n) is 5.23. The minimum absolute atomic E-state index is 0.120. The number of nitrogens with one attached hydrogen (secondary N) is 1. The Morgan fingerprint density at radius 3 is 2.88 bits per heavy atom. The lowest BCUT2D eigenvalue weighted by molar-refractivity contribution is -0.138. The number of aromatic nitrogens is 2. The Hall–Kier alpha value is -1.65. The van der Waals surface area contributed by atoms with E-state index in [0.717, 1.165) is 12.1 Å². The van der Waals surface area contributed by atoms with E-state index in [0.29, 0.717) is 11.7 Å². The Bertz CT molecular complexity index is 353. The molecule has 0 atom stereocenters. The molecule has 88 valence electrons. The molecule has 0 aliphatic rings. The third-order valence-electron chi connectivity index (χ3n) is 1.98. The van der Waals surface area contributed by atoms with Crippen molar-refractivity contribution >= 4 is 11.8 Å². The Balaban J connectivity index is 2.56. The third kappa shape index (κ3) is 4.25. The van der Waals surface area contributed by atoms with Crippen molar-refractivity contribution in [3.8, 4) is 0 Å². The van der Waals surface area contributed by atoms with E-state index in [4.69, 9.17) is 0 Å². The van der Waals surface area contributed by atoms with Crippen LogP contribution in [0.5, 0.6) is 0 Å². The number of rotatable bonds is 5. The summed E-state index contributed by atoms with van der Waals surface area (Å²) in [6, 6.07) is 1.85. The van der Waals surface area contributed by atoms with Gasteiger partial charge in [0.25, 0.3) is 0 Å². The van der Waals surface area contributed by atoms with Crippen molar-refractivity contribution in [2.24, 2.45) is 5.92 Å². The van der Waals surface area contributed by atoms with Crippen molar-refractivity contribution < 1.29 is 9.53 Å². The number of hydrogen-bond donors (Lipinski definition) is 1. The molecule has 1 aromatic heterocycles. The van der Waals surface area contributed by atoms with Gasteiger partial charge in [-0.2, -0.15) is 0 Å². The highest BCUT2D eigenvalue weighted by molar-refractivity contribution is 5.74. The molecule has 0 amide bonds. The van der Waals surface area contributed by atoms with E-state index < -0.39 is 0 Å². The first-order valence-corrected chi connectivity index (χ1v) is 5.23. The highest BCUT2D eigenvalue weighted by Gasteiger charge is 2.03. The average molecular weight is 223 g/mol. The summed E-state index contributed by atoms with van der Waals surface area (Å²) in [5.41, 5.74) is 0.970. The molecule has 0 spiro atoms. The van der Waals surface area contributed by atoms with Gasteiger partial charge in [-0.1, -0.05) is 13.8 Å². The summed E-state index contributed by atoms with van der Waals surface area (Å²) in [6.45, 7) is 4.38. The van der Waals surface area contributed by atoms with Gasteiger partial charge in [0, 0.05) is 11.8 Å². The van der Waals surface area contributed by atoms with E-state index in [1.54, 1.807) is 0 Å². The van der Waals surface area contributed by atoms with Crippen molar-refractivity contribution in [3.05, 3.63) is 18.1 Å². The van der Waals surface area contributed by atoms with Crippen LogP contribution in [0.15, 0.2) is 12.4 Å². The van der Waals surface area contributed by atoms with Crippen molar-refractivity contribution in [2.75, 3.05) is 19.0 Å². The molecule has 0 fully saturated rings. The van der Waals surface area contributed by atoms with E-state index in [-0.39, 0.29) is 12.5 Å². The number of anilines is 1. The molecule has 1 aromatic rings. The van der Waals surface area contributed by atoms with Crippen LogP contribution in [0.1, 0.15) is 19.5 Å². The van der Waals surface area contributed by atoms with Crippen LogP contribution in [-0.2, 0) is 16.0 Å². The zero-order chi connectivity index (χ0) is 12.0. The van der Waals surface area contributed by atoms with Crippen LogP contribution in [0.4, 0.5) is 5.82 Å². The Labute approximate surface area is 95.3 Å². The molecule has 0 saturated heterocycles. The molecular formula is C11H17N3O2. The van der Waals surface area contributed by atoms with Crippen LogP contribution in [0.2, 0.25) is 0 Å². The number of methoxy groups -OCH3 is 1. The van der Waals surface area contributed by atoms with Crippen LogP contribution in [-0.4, -0.2) is 29.6 Å². The summed E-state index contributed by atoms with van der Waals surface area (Å²) in [5, 5.41) is 2.88. The smallest absolute Gasteiger partial charge is 0.325 e. The van der Waals surface area contributed by atoms with E-state index in [1.807, 2.05) is 6.07 Å². The minimum atomic E-state index is -0.316. The fourth-order valence-corrected chi connectivity index (χ4v) is 1.26. The summed E-state index contributed by atoms with van der Waals surface area (Å²) in [4.78, 5) is 19.1. The quantitative estimate of drug-likeness (QED) is 0.761. The Morgan fingerprint density at radius 1 is 1.50 bits per heavy atom. The topological polar surface area (TPSA) is 64.1 Å². The van der Waals surface area contributed by atoms with Crippen molar-refractivity contribution in [2.45, 2.75) is 20.3 Å². The largest absolute Gasteiger partial charge is 0.468 e. The van der Waals surface area contributed by atoms with E-state index >= 15 is 0 Å². The van der Waals surface area contributed by atoms with Crippen LogP contribution in [0, 0.1) is 5.92 Å². The van der Waals surface area contributed by atoms with Crippen molar-refractivity contribution in [1.29, 1.82) is 0 Å². The predicted molar refractivity (Wildman–Crippen MR) is 61.1 cm³/mol. The van der Waals surface area contributed by atoms with Gasteiger partial charge in [0.15, 0.2) is 0 Å². The molecule has 5 nitrogen and oxygen atoms in total. The lowest BCUT2D eigenvalue weighted by Gasteiger charge is -2.07. The number of carbonyl (C=O) groups is 1. The molecule has 1 N–H and O–H groups in total. The average Bonchev–Trinajstić information content (AvgIpc) is 2.25. The maximum Gasteiger partial charge on any atom is 0.325 e. The van der Waals surface area contributed by atoms with Crippen LogP contribution in [0.3, 0.4) is 0 Å². The maximum absolute atomic E-state index is 10.9. The fraction of sp³-hybridized carbons (Fsp3) is 0.545. The van der Waals surface area contributed by atoms with Crippen LogP contribution >= 0.6 is 0 Å². The molecule has 1 rings (SSSR count). The molecule has 5 heteroatoms. The maximum atomic E-state index is 10.9. The van der Waals surface area contributed by atoms with Crippen molar-refractivity contribution in [3.63, 3.8) is 0 Å². The molecular weight excluding hydrogens is 206 g/mol. The van der Waals surface area contributed by atoms with Gasteiger partial charge >= 0.3 is 5.97 Å². The third-order valence-corrected chi connectivity index (χ3v) is 1.98. The summed E-state index contributed by atoms with van der Waals surface area (Å²) in [5.74, 6) is 0.878. The predicted octanol–water partition coefficient (Wildman–Crippen LogP) is 1.26. The summed E-state index contributed by atoms with van der Waals surface area (Å²) in [7, 11) is 1.36. The van der Waals surface area contributed by atoms with Gasteiger partial charge in [0.2, 0.25) is 0 Å². The van der Waals surface area contributed by atoms with Gasteiger partial charge in [0.1, 0.15) is 18.7 Å². The molecule has 0 bridgehead atoms. The second-order valence-corrected chi connectivity index (χ2v) is 3.92. The SMILES string of the molecule is COC(=O)CNc1cc(CC(C)C)ncn1. The van der Waals surface area contributed by atoms with Gasteiger partial charge in [-0.25, -0.2) is 9.97 Å². The normalized spacial score (nSPS) is 10.2. The van der Waals surface area contributed by atoms with Gasteiger partial charge in [-0.15, -0.1) is 0 Å². The van der Waals surface area contributed by atoms with E-state index in [9.17, 15) is 4.79 Å². The fourth-order valence-electron chi connectivity index (χ4n) is 1.26. The molecule has 0 aromatic carbocycles. The highest BCUT2D eigenvalue weighted by atomic mass is 16.5. The van der Waals surface area contributed by atoms with Gasteiger partial charge in [0.05, 0.1) is 7.11 Å². The monoisotopic (exact) mass is 223 g/mol. The first kappa shape index (κ1) is 12.4. The molecule has 0 saturated carbocycles. The molecule has 0 aliphatic carbocycles. The summed E-state index contributed by atoms with van der Waals surface area (Å²) < 4.78 is 4.52. The Morgan fingerprint density at radius 2 is 2.25 bits per heavy atom. The molecule has 0 aliphatic heterocycles. The second kappa shape index (κ2) is 6.05.